The molecule has 0 aromatic rings. The first-order valence-electron chi connectivity index (χ1n) is 11.4. The number of amides is 1. The molecule has 3 heterocycles. The Morgan fingerprint density at radius 2 is 1.42 bits per heavy atom. The van der Waals surface area contributed by atoms with Gasteiger partial charge in [0.25, 0.3) is 0 Å². The van der Waals surface area contributed by atoms with Crippen LogP contribution in [0.4, 0.5) is 0 Å². The molecule has 0 aromatic heterocycles. The van der Waals surface area contributed by atoms with Crippen LogP contribution in [-0.2, 0) is 28.5 Å². The summed E-state index contributed by atoms with van der Waals surface area (Å²) in [6, 6.07) is -1.36. The second-order valence-corrected chi connectivity index (χ2v) is 9.09. The van der Waals surface area contributed by atoms with Crippen molar-refractivity contribution in [1.82, 2.24) is 5.32 Å². The topological polar surface area (TPSA) is 257 Å². The average Bonchev–Trinajstić information content (AvgIpc) is 2.83. The van der Waals surface area contributed by atoms with Crippen LogP contribution in [0, 0.1) is 0 Å². The highest BCUT2D eigenvalue weighted by atomic mass is 16.8. The Morgan fingerprint density at radius 3 is 2.03 bits per heavy atom. The highest BCUT2D eigenvalue weighted by molar-refractivity contribution is 5.73. The molecule has 3 aliphatic heterocycles. The molecule has 16 nitrogen and oxygen atoms in total. The van der Waals surface area contributed by atoms with E-state index < -0.39 is 111 Å². The van der Waals surface area contributed by atoms with Crippen LogP contribution in [0.5, 0.6) is 0 Å². The number of aliphatic hydroxyl groups is 9. The first kappa shape index (κ1) is 29.5. The Hall–Kier alpha value is -1.09. The summed E-state index contributed by atoms with van der Waals surface area (Å²) >= 11 is 0. The van der Waals surface area contributed by atoms with Gasteiger partial charge in [0, 0.05) is 6.92 Å². The van der Waals surface area contributed by atoms with E-state index in [1.807, 2.05) is 0 Å². The largest absolute Gasteiger partial charge is 0.394 e. The lowest BCUT2D eigenvalue weighted by molar-refractivity contribution is -0.359. The zero-order chi connectivity index (χ0) is 26.9. The Balaban J connectivity index is 1.78. The number of carbonyl (C=O) groups excluding carboxylic acids is 1. The summed E-state index contributed by atoms with van der Waals surface area (Å²) in [4.78, 5) is 11.7. The van der Waals surface area contributed by atoms with Crippen molar-refractivity contribution in [3.63, 3.8) is 0 Å². The molecule has 0 bridgehead atoms. The SMILES string of the molecule is CC(=O)N[C@H]1[C@H](O[C@@H]2[C@@H](OC[C@H]3O[C@@H](O)[C@H](O)[C@@H](O)[C@@H]3O)O[C@H](C)[C@@H](O)[C@@H]2O)O[C@H](CO)[C@@H](O)[C@@H]1O. The molecule has 36 heavy (non-hydrogen) atoms. The summed E-state index contributed by atoms with van der Waals surface area (Å²) < 4.78 is 27.4. The number of hydrogen-bond donors (Lipinski definition) is 10. The zero-order valence-corrected chi connectivity index (χ0v) is 19.5. The van der Waals surface area contributed by atoms with Crippen LogP contribution in [0.15, 0.2) is 0 Å². The zero-order valence-electron chi connectivity index (χ0n) is 19.5. The molecular formula is C20H35NO15. The number of carbonyl (C=O) groups is 1. The summed E-state index contributed by atoms with van der Waals surface area (Å²) in [6.07, 6.45) is -21.6. The third-order valence-corrected chi connectivity index (χ3v) is 6.44. The summed E-state index contributed by atoms with van der Waals surface area (Å²) in [5, 5.41) is 92.8. The van der Waals surface area contributed by atoms with Gasteiger partial charge < -0.3 is 75.0 Å². The predicted molar refractivity (Wildman–Crippen MR) is 111 cm³/mol. The first-order chi connectivity index (χ1) is 16.9. The molecule has 15 atom stereocenters. The van der Waals surface area contributed by atoms with Crippen LogP contribution in [0.1, 0.15) is 13.8 Å². The van der Waals surface area contributed by atoms with Gasteiger partial charge in [0.1, 0.15) is 67.1 Å². The van der Waals surface area contributed by atoms with Crippen molar-refractivity contribution in [2.75, 3.05) is 13.2 Å². The molecule has 0 radical (unpaired) electrons. The van der Waals surface area contributed by atoms with Gasteiger partial charge >= 0.3 is 0 Å². The van der Waals surface area contributed by atoms with E-state index >= 15 is 0 Å². The van der Waals surface area contributed by atoms with Gasteiger partial charge in [-0.2, -0.15) is 0 Å². The molecule has 1 amide bonds. The smallest absolute Gasteiger partial charge is 0.217 e. The maximum Gasteiger partial charge on any atom is 0.217 e. The second kappa shape index (κ2) is 12.2. The molecule has 16 heteroatoms. The number of ether oxygens (including phenoxy) is 5. The van der Waals surface area contributed by atoms with Crippen molar-refractivity contribution in [2.45, 2.75) is 106 Å². The number of nitrogens with one attached hydrogen (secondary N) is 1. The third-order valence-electron chi connectivity index (χ3n) is 6.44. The minimum atomic E-state index is -1.82. The van der Waals surface area contributed by atoms with E-state index in [0.717, 1.165) is 6.92 Å². The molecule has 3 aliphatic rings. The van der Waals surface area contributed by atoms with Gasteiger partial charge in [0.15, 0.2) is 18.9 Å². The maximum absolute atomic E-state index is 11.7. The monoisotopic (exact) mass is 529 g/mol. The average molecular weight is 529 g/mol. The quantitative estimate of drug-likeness (QED) is 0.147. The summed E-state index contributed by atoms with van der Waals surface area (Å²) in [6.45, 7) is 1.31. The molecule has 0 saturated carbocycles. The van der Waals surface area contributed by atoms with E-state index in [9.17, 15) is 50.8 Å². The number of aliphatic hydroxyl groups excluding tert-OH is 9. The third kappa shape index (κ3) is 6.13. The van der Waals surface area contributed by atoms with Gasteiger partial charge in [0.2, 0.25) is 5.91 Å². The highest BCUT2D eigenvalue weighted by Crippen LogP contribution is 2.30. The summed E-state index contributed by atoms with van der Waals surface area (Å²) in [5.74, 6) is -0.615. The lowest BCUT2D eigenvalue weighted by Gasteiger charge is -2.47. The fraction of sp³-hybridized carbons (Fsp3) is 0.950. The van der Waals surface area contributed by atoms with Gasteiger partial charge in [0.05, 0.1) is 19.3 Å². The van der Waals surface area contributed by atoms with Crippen molar-refractivity contribution in [3.05, 3.63) is 0 Å². The van der Waals surface area contributed by atoms with Crippen molar-refractivity contribution in [1.29, 1.82) is 0 Å². The van der Waals surface area contributed by atoms with Gasteiger partial charge in [-0.1, -0.05) is 0 Å². The van der Waals surface area contributed by atoms with E-state index in [1.165, 1.54) is 6.92 Å². The molecule has 10 N–H and O–H groups in total. The van der Waals surface area contributed by atoms with Gasteiger partial charge in [-0.25, -0.2) is 0 Å². The van der Waals surface area contributed by atoms with Crippen molar-refractivity contribution < 1.29 is 74.4 Å². The molecular weight excluding hydrogens is 494 g/mol. The van der Waals surface area contributed by atoms with Crippen molar-refractivity contribution >= 4 is 5.91 Å². The van der Waals surface area contributed by atoms with Gasteiger partial charge in [-0.3, -0.25) is 4.79 Å². The first-order valence-corrected chi connectivity index (χ1v) is 11.4. The summed E-state index contributed by atoms with van der Waals surface area (Å²) in [5.41, 5.74) is 0. The molecule has 3 saturated heterocycles. The van der Waals surface area contributed by atoms with Crippen LogP contribution in [-0.4, -0.2) is 157 Å². The Kier molecular flexibility index (Phi) is 9.97. The normalized spacial score (nSPS) is 50.0. The minimum absolute atomic E-state index is 0.538. The minimum Gasteiger partial charge on any atom is -0.394 e. The van der Waals surface area contributed by atoms with Crippen LogP contribution in [0.2, 0.25) is 0 Å². The number of rotatable bonds is 7. The lowest BCUT2D eigenvalue weighted by Crippen LogP contribution is -2.67. The van der Waals surface area contributed by atoms with E-state index in [1.54, 1.807) is 0 Å². The van der Waals surface area contributed by atoms with Crippen LogP contribution < -0.4 is 5.32 Å². The molecule has 0 aliphatic carbocycles. The molecule has 0 unspecified atom stereocenters. The Bertz CT molecular complexity index is 731. The van der Waals surface area contributed by atoms with Crippen LogP contribution in [0.3, 0.4) is 0 Å². The van der Waals surface area contributed by atoms with Crippen molar-refractivity contribution in [3.8, 4) is 0 Å². The highest BCUT2D eigenvalue weighted by Gasteiger charge is 2.51. The molecule has 210 valence electrons. The summed E-state index contributed by atoms with van der Waals surface area (Å²) in [7, 11) is 0. The van der Waals surface area contributed by atoms with E-state index in [0.29, 0.717) is 0 Å². The fourth-order valence-electron chi connectivity index (χ4n) is 4.28. The van der Waals surface area contributed by atoms with E-state index in [4.69, 9.17) is 23.7 Å². The molecule has 0 aromatic carbocycles. The maximum atomic E-state index is 11.7. The standard InChI is InChI=1S/C20H35NO15/c1-5-10(24)15(29)17(20(33-5)32-4-8-12(26)14(28)16(30)18(31)34-8)36-19-9(21-6(2)23)13(27)11(25)7(3-22)35-19/h5,7-20,22,24-31H,3-4H2,1-2H3,(H,21,23)/t5-,7-,8-,9-,10-,11-,12-,13-,14+,15+,16-,17+,18-,19+,20+/m1/s1. The van der Waals surface area contributed by atoms with Gasteiger partial charge in [-0.05, 0) is 6.92 Å². The van der Waals surface area contributed by atoms with E-state index in [-0.39, 0.29) is 0 Å². The number of hydrogen-bond acceptors (Lipinski definition) is 15. The van der Waals surface area contributed by atoms with E-state index in [2.05, 4.69) is 5.32 Å². The van der Waals surface area contributed by atoms with Crippen LogP contribution in [0.25, 0.3) is 0 Å². The fourth-order valence-corrected chi connectivity index (χ4v) is 4.28. The molecule has 3 rings (SSSR count). The second-order valence-electron chi connectivity index (χ2n) is 9.09. The van der Waals surface area contributed by atoms with Crippen molar-refractivity contribution in [2.24, 2.45) is 0 Å². The Labute approximate surface area is 205 Å². The molecule has 3 fully saturated rings. The van der Waals surface area contributed by atoms with Gasteiger partial charge in [-0.15, -0.1) is 0 Å². The predicted octanol–water partition coefficient (Wildman–Crippen LogP) is -6.40. The van der Waals surface area contributed by atoms with Crippen LogP contribution >= 0.6 is 0 Å². The molecule has 0 spiro atoms. The Morgan fingerprint density at radius 1 is 0.778 bits per heavy atom. The lowest BCUT2D eigenvalue weighted by atomic mass is 9.96.